The Hall–Kier alpha value is -0.770. The maximum atomic E-state index is 11.8. The van der Waals surface area contributed by atoms with Gasteiger partial charge >= 0.3 is 6.03 Å². The van der Waals surface area contributed by atoms with Crippen molar-refractivity contribution in [3.8, 4) is 0 Å². The molecule has 3 rings (SSSR count). The number of carbonyl (C=O) groups is 1. The van der Waals surface area contributed by atoms with Crippen LogP contribution in [-0.2, 0) is 0 Å². The second kappa shape index (κ2) is 4.72. The Morgan fingerprint density at radius 2 is 2.00 bits per heavy atom. The molecule has 3 aliphatic rings. The second-order valence-electron chi connectivity index (χ2n) is 6.62. The molecule has 3 atom stereocenters. The fourth-order valence-corrected chi connectivity index (χ4v) is 4.25. The maximum Gasteiger partial charge on any atom is 0.315 e. The molecule has 3 unspecified atom stereocenters. The Balaban J connectivity index is 1.44. The van der Waals surface area contributed by atoms with Crippen LogP contribution < -0.4 is 16.4 Å². The van der Waals surface area contributed by atoms with Crippen molar-refractivity contribution >= 4 is 6.03 Å². The Morgan fingerprint density at radius 1 is 1.22 bits per heavy atom. The van der Waals surface area contributed by atoms with Crippen LogP contribution in [0.1, 0.15) is 51.4 Å². The average Bonchev–Trinajstić information content (AvgIpc) is 3.02. The van der Waals surface area contributed by atoms with E-state index < -0.39 is 0 Å². The van der Waals surface area contributed by atoms with Gasteiger partial charge in [-0.05, 0) is 43.9 Å². The van der Waals surface area contributed by atoms with Gasteiger partial charge in [-0.3, -0.25) is 0 Å². The highest BCUT2D eigenvalue weighted by Gasteiger charge is 2.48. The Morgan fingerprint density at radius 3 is 2.61 bits per heavy atom. The van der Waals surface area contributed by atoms with Gasteiger partial charge in [0.2, 0.25) is 0 Å². The summed E-state index contributed by atoms with van der Waals surface area (Å²) in [6.45, 7) is 0.646. The van der Waals surface area contributed by atoms with Crippen LogP contribution in [0.3, 0.4) is 0 Å². The van der Waals surface area contributed by atoms with Gasteiger partial charge in [0.15, 0.2) is 0 Å². The predicted molar refractivity (Wildman–Crippen MR) is 71.2 cm³/mol. The van der Waals surface area contributed by atoms with Crippen LogP contribution in [0.25, 0.3) is 0 Å². The number of hydrogen-bond acceptors (Lipinski definition) is 2. The van der Waals surface area contributed by atoms with Gasteiger partial charge in [-0.1, -0.05) is 19.3 Å². The summed E-state index contributed by atoms with van der Waals surface area (Å²) < 4.78 is 0. The number of nitrogens with two attached hydrogens (primary N) is 1. The molecule has 4 N–H and O–H groups in total. The van der Waals surface area contributed by atoms with Crippen molar-refractivity contribution in [2.45, 2.75) is 62.9 Å². The van der Waals surface area contributed by atoms with E-state index in [4.69, 9.17) is 5.73 Å². The number of carbonyl (C=O) groups excluding carboxylic acids is 1. The summed E-state index contributed by atoms with van der Waals surface area (Å²) in [7, 11) is 0. The van der Waals surface area contributed by atoms with Crippen LogP contribution in [0.15, 0.2) is 0 Å². The molecule has 0 radical (unpaired) electrons. The molecule has 3 saturated carbocycles. The third kappa shape index (κ3) is 2.35. The first-order chi connectivity index (χ1) is 8.66. The van der Waals surface area contributed by atoms with Crippen molar-refractivity contribution < 1.29 is 4.79 Å². The molecule has 0 aromatic heterocycles. The van der Waals surface area contributed by atoms with Crippen molar-refractivity contribution in [3.63, 3.8) is 0 Å². The molecule has 0 heterocycles. The van der Waals surface area contributed by atoms with E-state index in [2.05, 4.69) is 10.6 Å². The van der Waals surface area contributed by atoms with Crippen LogP contribution in [0.5, 0.6) is 0 Å². The van der Waals surface area contributed by atoms with E-state index in [9.17, 15) is 4.79 Å². The SMILES string of the molecule is NC1(CNC(=O)NC2CCCC2)CC2CCC1C2. The number of hydrogen-bond donors (Lipinski definition) is 3. The van der Waals surface area contributed by atoms with Gasteiger partial charge in [-0.15, -0.1) is 0 Å². The first kappa shape index (κ1) is 12.3. The fourth-order valence-electron chi connectivity index (χ4n) is 4.25. The van der Waals surface area contributed by atoms with E-state index in [1.54, 1.807) is 0 Å². The molecule has 102 valence electrons. The highest BCUT2D eigenvalue weighted by atomic mass is 16.2. The highest BCUT2D eigenvalue weighted by Crippen LogP contribution is 2.49. The smallest absolute Gasteiger partial charge is 0.315 e. The zero-order chi connectivity index (χ0) is 12.6. The molecule has 18 heavy (non-hydrogen) atoms. The lowest BCUT2D eigenvalue weighted by Gasteiger charge is -2.34. The van der Waals surface area contributed by atoms with Gasteiger partial charge in [-0.2, -0.15) is 0 Å². The monoisotopic (exact) mass is 251 g/mol. The Bertz CT molecular complexity index is 327. The second-order valence-corrected chi connectivity index (χ2v) is 6.62. The maximum absolute atomic E-state index is 11.8. The molecular formula is C14H25N3O. The van der Waals surface area contributed by atoms with Gasteiger partial charge in [0, 0.05) is 18.1 Å². The molecule has 0 spiro atoms. The van der Waals surface area contributed by atoms with Crippen molar-refractivity contribution in [1.29, 1.82) is 0 Å². The summed E-state index contributed by atoms with van der Waals surface area (Å²) in [5.41, 5.74) is 6.33. The topological polar surface area (TPSA) is 67.1 Å². The largest absolute Gasteiger partial charge is 0.336 e. The van der Waals surface area contributed by atoms with E-state index in [0.717, 1.165) is 25.2 Å². The molecule has 0 aliphatic heterocycles. The first-order valence-electron chi connectivity index (χ1n) is 7.49. The summed E-state index contributed by atoms with van der Waals surface area (Å²) in [5, 5.41) is 6.06. The van der Waals surface area contributed by atoms with E-state index >= 15 is 0 Å². The van der Waals surface area contributed by atoms with E-state index in [1.807, 2.05) is 0 Å². The van der Waals surface area contributed by atoms with E-state index in [-0.39, 0.29) is 11.6 Å². The lowest BCUT2D eigenvalue weighted by molar-refractivity contribution is 0.222. The number of rotatable bonds is 3. The molecule has 4 heteroatoms. The zero-order valence-corrected chi connectivity index (χ0v) is 11.1. The molecule has 2 bridgehead atoms. The summed E-state index contributed by atoms with van der Waals surface area (Å²) in [4.78, 5) is 11.8. The minimum atomic E-state index is -0.129. The lowest BCUT2D eigenvalue weighted by Crippen LogP contribution is -2.55. The number of nitrogens with one attached hydrogen (secondary N) is 2. The third-order valence-electron chi connectivity index (χ3n) is 5.29. The Labute approximate surface area is 109 Å². The first-order valence-corrected chi connectivity index (χ1v) is 7.49. The average molecular weight is 251 g/mol. The van der Waals surface area contributed by atoms with Gasteiger partial charge in [0.25, 0.3) is 0 Å². The molecular weight excluding hydrogens is 226 g/mol. The fraction of sp³-hybridized carbons (Fsp3) is 0.929. The number of fused-ring (bicyclic) bond motifs is 2. The minimum Gasteiger partial charge on any atom is -0.336 e. The lowest BCUT2D eigenvalue weighted by atomic mass is 9.82. The van der Waals surface area contributed by atoms with Gasteiger partial charge < -0.3 is 16.4 Å². The minimum absolute atomic E-state index is 0.0190. The number of amides is 2. The quantitative estimate of drug-likeness (QED) is 0.715. The van der Waals surface area contributed by atoms with Crippen LogP contribution in [-0.4, -0.2) is 24.2 Å². The van der Waals surface area contributed by atoms with Gasteiger partial charge in [-0.25, -0.2) is 4.79 Å². The predicted octanol–water partition coefficient (Wildman–Crippen LogP) is 1.75. The van der Waals surface area contributed by atoms with Crippen LogP contribution in [0.4, 0.5) is 4.79 Å². The van der Waals surface area contributed by atoms with Crippen molar-refractivity contribution in [3.05, 3.63) is 0 Å². The van der Waals surface area contributed by atoms with Crippen LogP contribution in [0, 0.1) is 11.8 Å². The zero-order valence-electron chi connectivity index (χ0n) is 11.1. The standard InChI is InChI=1S/C14H25N3O/c15-14(8-10-5-6-11(14)7-10)9-16-13(18)17-12-3-1-2-4-12/h10-12H,1-9,15H2,(H2,16,17,18). The summed E-state index contributed by atoms with van der Waals surface area (Å²) in [6.07, 6.45) is 9.73. The summed E-state index contributed by atoms with van der Waals surface area (Å²) >= 11 is 0. The van der Waals surface area contributed by atoms with Gasteiger partial charge in [0.05, 0.1) is 0 Å². The molecule has 3 fully saturated rings. The third-order valence-corrected chi connectivity index (χ3v) is 5.29. The van der Waals surface area contributed by atoms with Crippen molar-refractivity contribution in [1.82, 2.24) is 10.6 Å². The van der Waals surface area contributed by atoms with E-state index in [1.165, 1.54) is 32.1 Å². The van der Waals surface area contributed by atoms with Crippen molar-refractivity contribution in [2.24, 2.45) is 17.6 Å². The van der Waals surface area contributed by atoms with Crippen molar-refractivity contribution in [2.75, 3.05) is 6.54 Å². The van der Waals surface area contributed by atoms with E-state index in [0.29, 0.717) is 18.5 Å². The molecule has 2 amide bonds. The molecule has 3 aliphatic carbocycles. The normalized spacial score (nSPS) is 39.2. The molecule has 4 nitrogen and oxygen atoms in total. The summed E-state index contributed by atoms with van der Waals surface area (Å²) in [5.74, 6) is 1.45. The molecule has 0 aromatic rings. The van der Waals surface area contributed by atoms with Crippen LogP contribution in [0.2, 0.25) is 0 Å². The molecule has 0 aromatic carbocycles. The molecule has 0 saturated heterocycles. The summed E-state index contributed by atoms with van der Waals surface area (Å²) in [6, 6.07) is 0.369. The van der Waals surface area contributed by atoms with Crippen LogP contribution >= 0.6 is 0 Å². The Kier molecular flexibility index (Phi) is 3.22. The number of urea groups is 1. The highest BCUT2D eigenvalue weighted by molar-refractivity contribution is 5.74. The van der Waals surface area contributed by atoms with Gasteiger partial charge in [0.1, 0.15) is 0 Å².